The topological polar surface area (TPSA) is 69.6 Å². The van der Waals surface area contributed by atoms with Crippen LogP contribution in [0.2, 0.25) is 0 Å². The van der Waals surface area contributed by atoms with E-state index in [9.17, 15) is 9.59 Å². The summed E-state index contributed by atoms with van der Waals surface area (Å²) < 4.78 is 0. The fourth-order valence-corrected chi connectivity index (χ4v) is 1.90. The van der Waals surface area contributed by atoms with Gasteiger partial charge >= 0.3 is 5.97 Å². The number of likely N-dealkylation sites (tertiary alicyclic amines) is 1. The molecule has 5 nitrogen and oxygen atoms in total. The Morgan fingerprint density at radius 1 is 1.44 bits per heavy atom. The van der Waals surface area contributed by atoms with Gasteiger partial charge in [-0.15, -0.1) is 0 Å². The van der Waals surface area contributed by atoms with Crippen LogP contribution in [0.1, 0.15) is 20.8 Å². The van der Waals surface area contributed by atoms with Crippen molar-refractivity contribution in [1.29, 1.82) is 0 Å². The lowest BCUT2D eigenvalue weighted by Gasteiger charge is -2.17. The molecule has 0 aromatic carbocycles. The summed E-state index contributed by atoms with van der Waals surface area (Å²) in [5.74, 6) is -1.19. The van der Waals surface area contributed by atoms with E-state index in [4.69, 9.17) is 5.11 Å². The number of nitrogens with zero attached hydrogens (tertiary/aromatic N) is 1. The number of carbonyl (C=O) groups excluding carboxylic acids is 1. The Hall–Kier alpha value is -1.10. The van der Waals surface area contributed by atoms with Crippen LogP contribution in [-0.4, -0.2) is 47.6 Å². The fraction of sp³-hybridized carbons (Fsp3) is 0.818. The summed E-state index contributed by atoms with van der Waals surface area (Å²) in [5.41, 5.74) is 0. The SMILES string of the molecule is CC(C)NCC(=O)N1CC(C)C(C(=O)O)C1. The standard InChI is InChI=1S/C11H20N2O3/c1-7(2)12-4-10(14)13-5-8(3)9(6-13)11(15)16/h7-9,12H,4-6H2,1-3H3,(H,15,16). The number of hydrogen-bond acceptors (Lipinski definition) is 3. The normalized spacial score (nSPS) is 25.1. The van der Waals surface area contributed by atoms with Gasteiger partial charge in [0, 0.05) is 19.1 Å². The smallest absolute Gasteiger partial charge is 0.308 e. The van der Waals surface area contributed by atoms with Crippen molar-refractivity contribution in [2.24, 2.45) is 11.8 Å². The van der Waals surface area contributed by atoms with Gasteiger partial charge in [-0.3, -0.25) is 9.59 Å². The Balaban J connectivity index is 2.45. The quantitative estimate of drug-likeness (QED) is 0.719. The second-order valence-electron chi connectivity index (χ2n) is 4.76. The summed E-state index contributed by atoms with van der Waals surface area (Å²) >= 11 is 0. The molecule has 0 aromatic rings. The predicted molar refractivity (Wildman–Crippen MR) is 60.0 cm³/mol. The Bertz CT molecular complexity index is 278. The van der Waals surface area contributed by atoms with Crippen LogP contribution in [0.3, 0.4) is 0 Å². The van der Waals surface area contributed by atoms with Crippen LogP contribution in [0.25, 0.3) is 0 Å². The van der Waals surface area contributed by atoms with Gasteiger partial charge in [-0.2, -0.15) is 0 Å². The maximum absolute atomic E-state index is 11.7. The number of rotatable bonds is 4. The molecule has 5 heteroatoms. The molecule has 1 amide bonds. The molecule has 1 rings (SSSR count). The summed E-state index contributed by atoms with van der Waals surface area (Å²) in [6, 6.07) is 0.263. The lowest BCUT2D eigenvalue weighted by molar-refractivity contribution is -0.142. The van der Waals surface area contributed by atoms with Gasteiger partial charge in [0.1, 0.15) is 0 Å². The predicted octanol–water partition coefficient (Wildman–Crippen LogP) is 0.164. The first-order chi connectivity index (χ1) is 7.41. The summed E-state index contributed by atoms with van der Waals surface area (Å²) in [5, 5.41) is 12.0. The van der Waals surface area contributed by atoms with Crippen LogP contribution in [0.4, 0.5) is 0 Å². The van der Waals surface area contributed by atoms with Gasteiger partial charge in [-0.1, -0.05) is 20.8 Å². The molecule has 1 fully saturated rings. The number of carboxylic acids is 1. The number of carboxylic acid groups (broad SMARTS) is 1. The minimum absolute atomic E-state index is 0.00991. The van der Waals surface area contributed by atoms with Crippen molar-refractivity contribution in [2.45, 2.75) is 26.8 Å². The molecule has 0 aliphatic carbocycles. The van der Waals surface area contributed by atoms with Gasteiger partial charge in [0.05, 0.1) is 12.5 Å². The van der Waals surface area contributed by atoms with E-state index in [0.717, 1.165) is 0 Å². The summed E-state index contributed by atoms with van der Waals surface area (Å²) in [7, 11) is 0. The Kier molecular flexibility index (Phi) is 4.29. The van der Waals surface area contributed by atoms with Crippen molar-refractivity contribution >= 4 is 11.9 Å². The maximum atomic E-state index is 11.7. The highest BCUT2D eigenvalue weighted by molar-refractivity contribution is 5.80. The van der Waals surface area contributed by atoms with Gasteiger partial charge < -0.3 is 15.3 Å². The van der Waals surface area contributed by atoms with E-state index in [-0.39, 0.29) is 24.4 Å². The fourth-order valence-electron chi connectivity index (χ4n) is 1.90. The van der Waals surface area contributed by atoms with Crippen molar-refractivity contribution in [2.75, 3.05) is 19.6 Å². The average molecular weight is 228 g/mol. The molecule has 16 heavy (non-hydrogen) atoms. The zero-order valence-electron chi connectivity index (χ0n) is 10.1. The summed E-state index contributed by atoms with van der Waals surface area (Å²) in [6.07, 6.45) is 0. The monoisotopic (exact) mass is 228 g/mol. The molecule has 2 atom stereocenters. The molecule has 2 unspecified atom stereocenters. The lowest BCUT2D eigenvalue weighted by Crippen LogP contribution is -2.39. The highest BCUT2D eigenvalue weighted by atomic mass is 16.4. The number of aliphatic carboxylic acids is 1. The Morgan fingerprint density at radius 3 is 2.50 bits per heavy atom. The molecule has 1 aliphatic heterocycles. The van der Waals surface area contributed by atoms with Crippen LogP contribution >= 0.6 is 0 Å². The molecule has 92 valence electrons. The number of amides is 1. The summed E-state index contributed by atoms with van der Waals surface area (Å²) in [4.78, 5) is 24.3. The first kappa shape index (κ1) is 13.0. The molecular formula is C11H20N2O3. The molecule has 0 bridgehead atoms. The van der Waals surface area contributed by atoms with Crippen LogP contribution in [-0.2, 0) is 9.59 Å². The molecule has 0 aromatic heterocycles. The Labute approximate surface area is 95.8 Å². The van der Waals surface area contributed by atoms with Gasteiger partial charge in [0.15, 0.2) is 0 Å². The van der Waals surface area contributed by atoms with Crippen molar-refractivity contribution in [3.63, 3.8) is 0 Å². The van der Waals surface area contributed by atoms with E-state index >= 15 is 0 Å². The van der Waals surface area contributed by atoms with Gasteiger partial charge in [0.25, 0.3) is 0 Å². The van der Waals surface area contributed by atoms with Crippen LogP contribution in [0, 0.1) is 11.8 Å². The first-order valence-corrected chi connectivity index (χ1v) is 5.65. The van der Waals surface area contributed by atoms with Crippen LogP contribution in [0.5, 0.6) is 0 Å². The van der Waals surface area contributed by atoms with Gasteiger partial charge in [0.2, 0.25) is 5.91 Å². The third kappa shape index (κ3) is 3.20. The molecule has 2 N–H and O–H groups in total. The second kappa shape index (κ2) is 5.30. The molecule has 1 saturated heterocycles. The second-order valence-corrected chi connectivity index (χ2v) is 4.76. The van der Waals surface area contributed by atoms with Crippen molar-refractivity contribution in [1.82, 2.24) is 10.2 Å². The lowest BCUT2D eigenvalue weighted by atomic mass is 9.99. The average Bonchev–Trinajstić information content (AvgIpc) is 2.56. The molecule has 0 saturated carbocycles. The highest BCUT2D eigenvalue weighted by Gasteiger charge is 2.36. The molecule has 0 spiro atoms. The van der Waals surface area contributed by atoms with E-state index in [1.807, 2.05) is 20.8 Å². The van der Waals surface area contributed by atoms with E-state index in [1.54, 1.807) is 4.90 Å². The largest absolute Gasteiger partial charge is 0.481 e. The summed E-state index contributed by atoms with van der Waals surface area (Å²) in [6.45, 7) is 7.00. The van der Waals surface area contributed by atoms with E-state index in [0.29, 0.717) is 13.1 Å². The number of hydrogen-bond donors (Lipinski definition) is 2. The zero-order valence-corrected chi connectivity index (χ0v) is 10.1. The third-order valence-corrected chi connectivity index (χ3v) is 2.94. The molecule has 1 aliphatic rings. The van der Waals surface area contributed by atoms with Crippen molar-refractivity contribution in [3.05, 3.63) is 0 Å². The zero-order chi connectivity index (χ0) is 12.3. The van der Waals surface area contributed by atoms with Crippen LogP contribution in [0.15, 0.2) is 0 Å². The minimum atomic E-state index is -0.806. The van der Waals surface area contributed by atoms with Crippen molar-refractivity contribution in [3.8, 4) is 0 Å². The first-order valence-electron chi connectivity index (χ1n) is 5.65. The number of carbonyl (C=O) groups is 2. The Morgan fingerprint density at radius 2 is 2.06 bits per heavy atom. The van der Waals surface area contributed by atoms with Crippen LogP contribution < -0.4 is 5.32 Å². The molecule has 1 heterocycles. The molecule has 0 radical (unpaired) electrons. The third-order valence-electron chi connectivity index (χ3n) is 2.94. The maximum Gasteiger partial charge on any atom is 0.308 e. The molecular weight excluding hydrogens is 208 g/mol. The van der Waals surface area contributed by atoms with E-state index in [2.05, 4.69) is 5.32 Å². The van der Waals surface area contributed by atoms with Crippen molar-refractivity contribution < 1.29 is 14.7 Å². The van der Waals surface area contributed by atoms with E-state index < -0.39 is 11.9 Å². The highest BCUT2D eigenvalue weighted by Crippen LogP contribution is 2.22. The van der Waals surface area contributed by atoms with Gasteiger partial charge in [-0.05, 0) is 5.92 Å². The number of nitrogens with one attached hydrogen (secondary N) is 1. The van der Waals surface area contributed by atoms with Gasteiger partial charge in [-0.25, -0.2) is 0 Å². The van der Waals surface area contributed by atoms with E-state index in [1.165, 1.54) is 0 Å². The minimum Gasteiger partial charge on any atom is -0.481 e.